The van der Waals surface area contributed by atoms with Crippen LogP contribution in [0.5, 0.6) is 0 Å². The van der Waals surface area contributed by atoms with Crippen LogP contribution in [-0.4, -0.2) is 18.4 Å². The van der Waals surface area contributed by atoms with E-state index in [1.165, 1.54) is 6.07 Å². The van der Waals surface area contributed by atoms with Crippen molar-refractivity contribution in [1.82, 2.24) is 0 Å². The van der Waals surface area contributed by atoms with Crippen LogP contribution in [0.1, 0.15) is 11.1 Å². The summed E-state index contributed by atoms with van der Waals surface area (Å²) >= 11 is 0. The first-order chi connectivity index (χ1) is 6.66. The highest BCUT2D eigenvalue weighted by Crippen LogP contribution is 2.13. The van der Waals surface area contributed by atoms with Gasteiger partial charge in [0, 0.05) is 5.56 Å². The molecule has 0 bridgehead atoms. The molecule has 0 aliphatic carbocycles. The second-order valence-corrected chi connectivity index (χ2v) is 3.06. The van der Waals surface area contributed by atoms with E-state index in [4.69, 9.17) is 4.74 Å². The molecule has 1 heterocycles. The first-order valence-corrected chi connectivity index (χ1v) is 4.18. The molecule has 0 spiro atoms. The van der Waals surface area contributed by atoms with Gasteiger partial charge in [-0.3, -0.25) is 0 Å². The smallest absolute Gasteiger partial charge is 0.334 e. The number of aliphatic imine (C=N–C) groups is 1. The van der Waals surface area contributed by atoms with E-state index in [-0.39, 0.29) is 18.3 Å². The van der Waals surface area contributed by atoms with Gasteiger partial charge in [0.1, 0.15) is 12.4 Å². The highest BCUT2D eigenvalue weighted by atomic mass is 19.1. The Balaban J connectivity index is 2.34. The number of aryl methyl sites for hydroxylation is 1. The molecule has 0 atom stereocenters. The first-order valence-electron chi connectivity index (χ1n) is 4.18. The van der Waals surface area contributed by atoms with Gasteiger partial charge in [-0.1, -0.05) is 6.07 Å². The van der Waals surface area contributed by atoms with Crippen LogP contribution in [0.2, 0.25) is 0 Å². The van der Waals surface area contributed by atoms with Crippen LogP contribution in [-0.2, 0) is 9.53 Å². The molecular weight excluding hydrogens is 185 g/mol. The average Bonchev–Trinajstić information content (AvgIpc) is 2.57. The number of rotatable bonds is 1. The first kappa shape index (κ1) is 8.87. The lowest BCUT2D eigenvalue weighted by atomic mass is 10.1. The molecule has 1 aromatic rings. The number of esters is 1. The third-order valence-corrected chi connectivity index (χ3v) is 1.98. The molecule has 0 saturated heterocycles. The van der Waals surface area contributed by atoms with Crippen molar-refractivity contribution in [2.45, 2.75) is 6.92 Å². The summed E-state index contributed by atoms with van der Waals surface area (Å²) in [7, 11) is 0. The van der Waals surface area contributed by atoms with Crippen LogP contribution >= 0.6 is 0 Å². The van der Waals surface area contributed by atoms with E-state index in [0.717, 1.165) is 0 Å². The second-order valence-electron chi connectivity index (χ2n) is 3.06. The molecule has 0 amide bonds. The van der Waals surface area contributed by atoms with Gasteiger partial charge in [0.25, 0.3) is 0 Å². The highest BCUT2D eigenvalue weighted by molar-refractivity contribution is 6.04. The Morgan fingerprint density at radius 2 is 2.29 bits per heavy atom. The Kier molecular flexibility index (Phi) is 2.04. The SMILES string of the molecule is Cc1ccc(C2=NCC(=O)O2)cc1F. The summed E-state index contributed by atoms with van der Waals surface area (Å²) in [5, 5.41) is 0. The number of hydrogen-bond acceptors (Lipinski definition) is 3. The highest BCUT2D eigenvalue weighted by Gasteiger charge is 2.18. The molecule has 72 valence electrons. The molecule has 0 fully saturated rings. The Labute approximate surface area is 80.2 Å². The number of hydrogen-bond donors (Lipinski definition) is 0. The number of benzene rings is 1. The van der Waals surface area contributed by atoms with E-state index < -0.39 is 5.97 Å². The third-order valence-electron chi connectivity index (χ3n) is 1.98. The van der Waals surface area contributed by atoms with Crippen molar-refractivity contribution in [1.29, 1.82) is 0 Å². The lowest BCUT2D eigenvalue weighted by Crippen LogP contribution is -2.06. The fraction of sp³-hybridized carbons (Fsp3) is 0.200. The molecule has 0 saturated carbocycles. The van der Waals surface area contributed by atoms with Gasteiger partial charge in [0.2, 0.25) is 5.90 Å². The molecule has 3 nitrogen and oxygen atoms in total. The summed E-state index contributed by atoms with van der Waals surface area (Å²) < 4.78 is 17.9. The van der Waals surface area contributed by atoms with E-state index in [2.05, 4.69) is 4.99 Å². The van der Waals surface area contributed by atoms with Gasteiger partial charge in [0.15, 0.2) is 0 Å². The number of carbonyl (C=O) groups excluding carboxylic acids is 1. The molecule has 1 aliphatic heterocycles. The summed E-state index contributed by atoms with van der Waals surface area (Å²) in [6, 6.07) is 4.61. The maximum absolute atomic E-state index is 13.1. The van der Waals surface area contributed by atoms with E-state index >= 15 is 0 Å². The predicted molar refractivity (Wildman–Crippen MR) is 48.6 cm³/mol. The zero-order chi connectivity index (χ0) is 10.1. The van der Waals surface area contributed by atoms with Crippen LogP contribution < -0.4 is 0 Å². The van der Waals surface area contributed by atoms with Crippen LogP contribution in [0.25, 0.3) is 0 Å². The molecule has 1 aliphatic rings. The van der Waals surface area contributed by atoms with Crippen molar-refractivity contribution < 1.29 is 13.9 Å². The minimum Gasteiger partial charge on any atom is -0.406 e. The topological polar surface area (TPSA) is 38.7 Å². The third kappa shape index (κ3) is 1.51. The fourth-order valence-corrected chi connectivity index (χ4v) is 1.18. The second kappa shape index (κ2) is 3.21. The van der Waals surface area contributed by atoms with Gasteiger partial charge in [-0.05, 0) is 24.6 Å². The fourth-order valence-electron chi connectivity index (χ4n) is 1.18. The summed E-state index contributed by atoms with van der Waals surface area (Å²) in [6.07, 6.45) is 0. The number of halogens is 1. The lowest BCUT2D eigenvalue weighted by Gasteiger charge is -2.01. The van der Waals surface area contributed by atoms with Gasteiger partial charge < -0.3 is 4.74 Å². The normalized spacial score (nSPS) is 15.3. The minimum atomic E-state index is -0.402. The van der Waals surface area contributed by atoms with Gasteiger partial charge >= 0.3 is 5.97 Å². The van der Waals surface area contributed by atoms with E-state index in [1.807, 2.05) is 0 Å². The van der Waals surface area contributed by atoms with Gasteiger partial charge in [-0.2, -0.15) is 0 Å². The number of carbonyl (C=O) groups is 1. The van der Waals surface area contributed by atoms with Crippen molar-refractivity contribution in [3.63, 3.8) is 0 Å². The Hall–Kier alpha value is -1.71. The molecule has 0 radical (unpaired) electrons. The largest absolute Gasteiger partial charge is 0.406 e. The van der Waals surface area contributed by atoms with Gasteiger partial charge in [-0.25, -0.2) is 14.2 Å². The summed E-state index contributed by atoms with van der Waals surface area (Å²) in [5.41, 5.74) is 1.05. The molecule has 0 unspecified atom stereocenters. The summed E-state index contributed by atoms with van der Waals surface area (Å²) in [5.74, 6) is -0.525. The molecule has 0 N–H and O–H groups in total. The molecule has 1 aromatic carbocycles. The van der Waals surface area contributed by atoms with Crippen LogP contribution in [0.15, 0.2) is 23.2 Å². The molecule has 2 rings (SSSR count). The molecule has 0 aromatic heterocycles. The Morgan fingerprint density at radius 1 is 1.50 bits per heavy atom. The van der Waals surface area contributed by atoms with Gasteiger partial charge in [0.05, 0.1) is 0 Å². The Morgan fingerprint density at radius 3 is 2.86 bits per heavy atom. The minimum absolute atomic E-state index is 0.0187. The standard InChI is InChI=1S/C10H8FNO2/c1-6-2-3-7(4-8(6)11)10-12-5-9(13)14-10/h2-4H,5H2,1H3. The summed E-state index contributed by atoms with van der Waals surface area (Å²) in [6.45, 7) is 1.69. The van der Waals surface area contributed by atoms with E-state index in [1.54, 1.807) is 19.1 Å². The van der Waals surface area contributed by atoms with Crippen molar-refractivity contribution in [2.24, 2.45) is 4.99 Å². The van der Waals surface area contributed by atoms with Crippen molar-refractivity contribution >= 4 is 11.9 Å². The van der Waals surface area contributed by atoms with Crippen molar-refractivity contribution in [3.05, 3.63) is 35.1 Å². The maximum Gasteiger partial charge on any atom is 0.334 e. The molecular formula is C10H8FNO2. The molecule has 4 heteroatoms. The van der Waals surface area contributed by atoms with Crippen LogP contribution in [0.3, 0.4) is 0 Å². The Bertz CT molecular complexity index is 426. The monoisotopic (exact) mass is 193 g/mol. The molecule has 14 heavy (non-hydrogen) atoms. The maximum atomic E-state index is 13.1. The van der Waals surface area contributed by atoms with Crippen molar-refractivity contribution in [2.75, 3.05) is 6.54 Å². The van der Waals surface area contributed by atoms with E-state index in [9.17, 15) is 9.18 Å². The van der Waals surface area contributed by atoms with Gasteiger partial charge in [-0.15, -0.1) is 0 Å². The average molecular weight is 193 g/mol. The van der Waals surface area contributed by atoms with Crippen LogP contribution in [0.4, 0.5) is 4.39 Å². The number of ether oxygens (including phenoxy) is 1. The van der Waals surface area contributed by atoms with Crippen LogP contribution in [0, 0.1) is 12.7 Å². The summed E-state index contributed by atoms with van der Waals surface area (Å²) in [4.78, 5) is 14.6. The van der Waals surface area contributed by atoms with Crippen molar-refractivity contribution in [3.8, 4) is 0 Å². The quantitative estimate of drug-likeness (QED) is 0.633. The zero-order valence-electron chi connectivity index (χ0n) is 7.58. The predicted octanol–water partition coefficient (Wildman–Crippen LogP) is 1.44. The lowest BCUT2D eigenvalue weighted by molar-refractivity contribution is -0.132. The number of cyclic esters (lactones) is 1. The zero-order valence-corrected chi connectivity index (χ0v) is 7.58. The van der Waals surface area contributed by atoms with E-state index in [0.29, 0.717) is 11.1 Å². The number of nitrogens with zero attached hydrogens (tertiary/aromatic N) is 1.